The summed E-state index contributed by atoms with van der Waals surface area (Å²) < 4.78 is 5.25. The highest BCUT2D eigenvalue weighted by Gasteiger charge is 2.08. The van der Waals surface area contributed by atoms with Crippen LogP contribution in [0.5, 0.6) is 5.75 Å². The second-order valence-electron chi connectivity index (χ2n) is 4.44. The molecule has 0 spiro atoms. The summed E-state index contributed by atoms with van der Waals surface area (Å²) in [5.74, 6) is 1.21. The fraction of sp³-hybridized carbons (Fsp3) is 0.176. The van der Waals surface area contributed by atoms with Gasteiger partial charge in [0, 0.05) is 12.3 Å². The van der Waals surface area contributed by atoms with E-state index < -0.39 is 0 Å². The summed E-state index contributed by atoms with van der Waals surface area (Å²) in [6, 6.07) is 18.6. The Morgan fingerprint density at radius 1 is 1.15 bits per heavy atom. The second kappa shape index (κ2) is 7.84. The third-order valence-electron chi connectivity index (χ3n) is 3.07. The van der Waals surface area contributed by atoms with E-state index in [1.807, 2.05) is 18.2 Å². The van der Waals surface area contributed by atoms with Crippen LogP contribution in [0.1, 0.15) is 16.9 Å². The van der Waals surface area contributed by atoms with Crippen molar-refractivity contribution in [3.8, 4) is 5.75 Å². The van der Waals surface area contributed by atoms with Crippen molar-refractivity contribution in [2.45, 2.75) is 12.3 Å². The molecular weight excluding hydrogens is 265 g/mol. The Hall–Kier alpha value is -1.63. The summed E-state index contributed by atoms with van der Waals surface area (Å²) in [5, 5.41) is 3.60. The maximum Gasteiger partial charge on any atom is 0.126 e. The molecule has 2 nitrogen and oxygen atoms in total. The van der Waals surface area contributed by atoms with Gasteiger partial charge in [-0.2, -0.15) is 0 Å². The van der Waals surface area contributed by atoms with Crippen LogP contribution in [-0.4, -0.2) is 6.66 Å². The van der Waals surface area contributed by atoms with Gasteiger partial charge < -0.3 is 10.1 Å². The third kappa shape index (κ3) is 4.19. The van der Waals surface area contributed by atoms with Crippen molar-refractivity contribution in [1.29, 1.82) is 0 Å². The molecule has 0 heterocycles. The zero-order valence-electron chi connectivity index (χ0n) is 11.7. The maximum absolute atomic E-state index is 5.25. The van der Waals surface area contributed by atoms with Gasteiger partial charge in [0.2, 0.25) is 0 Å². The lowest BCUT2D eigenvalue weighted by molar-refractivity contribution is 0.483. The van der Waals surface area contributed by atoms with E-state index in [1.54, 1.807) is 0 Å². The van der Waals surface area contributed by atoms with Crippen LogP contribution in [0.2, 0.25) is 0 Å². The molecule has 2 rings (SSSR count). The first kappa shape index (κ1) is 14.8. The molecule has 0 fully saturated rings. The standard InChI is InChI=1S/C17H20NOP/c1-3-19-16-11-9-15(10-12-16)17(20-2)18-13-14-7-5-4-6-8-14/h3-12,17-18,20H,1,13H2,2H3. The normalized spacial score (nSPS) is 12.4. The van der Waals surface area contributed by atoms with Crippen LogP contribution in [0.4, 0.5) is 0 Å². The van der Waals surface area contributed by atoms with Crippen LogP contribution >= 0.6 is 8.58 Å². The van der Waals surface area contributed by atoms with Gasteiger partial charge in [-0.15, -0.1) is 8.58 Å². The summed E-state index contributed by atoms with van der Waals surface area (Å²) in [7, 11) is 0.804. The molecule has 2 aromatic carbocycles. The molecule has 0 aliphatic heterocycles. The van der Waals surface area contributed by atoms with Gasteiger partial charge >= 0.3 is 0 Å². The van der Waals surface area contributed by atoms with E-state index in [9.17, 15) is 0 Å². The highest BCUT2D eigenvalue weighted by Crippen LogP contribution is 2.30. The highest BCUT2D eigenvalue weighted by atomic mass is 31.1. The Balaban J connectivity index is 1.98. The van der Waals surface area contributed by atoms with Gasteiger partial charge in [0.15, 0.2) is 0 Å². The molecule has 3 heteroatoms. The lowest BCUT2D eigenvalue weighted by atomic mass is 10.2. The zero-order valence-corrected chi connectivity index (χ0v) is 12.7. The van der Waals surface area contributed by atoms with Gasteiger partial charge in [0.1, 0.15) is 5.75 Å². The molecule has 2 aromatic rings. The average Bonchev–Trinajstić information content (AvgIpc) is 2.51. The minimum absolute atomic E-state index is 0.382. The molecule has 0 radical (unpaired) electrons. The van der Waals surface area contributed by atoms with E-state index in [0.29, 0.717) is 5.78 Å². The van der Waals surface area contributed by atoms with Gasteiger partial charge in [-0.1, -0.05) is 49.0 Å². The first-order chi connectivity index (χ1) is 9.83. The molecule has 2 unspecified atom stereocenters. The molecule has 0 aromatic heterocycles. The monoisotopic (exact) mass is 285 g/mol. The van der Waals surface area contributed by atoms with Gasteiger partial charge in [-0.05, 0) is 29.9 Å². The van der Waals surface area contributed by atoms with Gasteiger partial charge in [0.25, 0.3) is 0 Å². The van der Waals surface area contributed by atoms with Gasteiger partial charge in [0.05, 0.1) is 6.26 Å². The second-order valence-corrected chi connectivity index (χ2v) is 5.60. The maximum atomic E-state index is 5.25. The highest BCUT2D eigenvalue weighted by molar-refractivity contribution is 7.37. The van der Waals surface area contributed by atoms with Crippen LogP contribution < -0.4 is 10.1 Å². The minimum atomic E-state index is 0.382. The Kier molecular flexibility index (Phi) is 5.79. The molecule has 0 aliphatic carbocycles. The summed E-state index contributed by atoms with van der Waals surface area (Å²) in [6.45, 7) is 6.66. The van der Waals surface area contributed by atoms with E-state index in [2.05, 4.69) is 55.0 Å². The van der Waals surface area contributed by atoms with Gasteiger partial charge in [-0.25, -0.2) is 0 Å². The molecule has 2 atom stereocenters. The molecule has 0 amide bonds. The van der Waals surface area contributed by atoms with E-state index in [-0.39, 0.29) is 0 Å². The van der Waals surface area contributed by atoms with E-state index in [1.165, 1.54) is 17.4 Å². The summed E-state index contributed by atoms with van der Waals surface area (Å²) in [5.41, 5.74) is 2.60. The minimum Gasteiger partial charge on any atom is -0.466 e. The first-order valence-electron chi connectivity index (χ1n) is 6.65. The predicted octanol–water partition coefficient (Wildman–Crippen LogP) is 4.31. The van der Waals surface area contributed by atoms with Crippen molar-refractivity contribution in [3.05, 3.63) is 78.6 Å². The third-order valence-corrected chi connectivity index (χ3v) is 4.19. The Bertz CT molecular complexity index is 524. The number of hydrogen-bond donors (Lipinski definition) is 1. The van der Waals surface area contributed by atoms with Crippen molar-refractivity contribution < 1.29 is 4.74 Å². The Labute approximate surface area is 122 Å². The van der Waals surface area contributed by atoms with E-state index in [4.69, 9.17) is 4.74 Å². The van der Waals surface area contributed by atoms with E-state index >= 15 is 0 Å². The first-order valence-corrected chi connectivity index (χ1v) is 8.23. The summed E-state index contributed by atoms with van der Waals surface area (Å²) in [6.07, 6.45) is 1.45. The van der Waals surface area contributed by atoms with Crippen molar-refractivity contribution in [2.75, 3.05) is 6.66 Å². The fourth-order valence-corrected chi connectivity index (χ4v) is 2.87. The van der Waals surface area contributed by atoms with Crippen molar-refractivity contribution in [3.63, 3.8) is 0 Å². The largest absolute Gasteiger partial charge is 0.466 e. The Morgan fingerprint density at radius 3 is 2.45 bits per heavy atom. The topological polar surface area (TPSA) is 21.3 Å². The van der Waals surface area contributed by atoms with Gasteiger partial charge in [-0.3, -0.25) is 0 Å². The predicted molar refractivity (Wildman–Crippen MR) is 87.5 cm³/mol. The number of benzene rings is 2. The lowest BCUT2D eigenvalue weighted by Gasteiger charge is -2.18. The molecule has 0 saturated carbocycles. The summed E-state index contributed by atoms with van der Waals surface area (Å²) >= 11 is 0. The Morgan fingerprint density at radius 2 is 1.85 bits per heavy atom. The van der Waals surface area contributed by atoms with E-state index in [0.717, 1.165) is 20.9 Å². The SMILES string of the molecule is C=COc1ccc(C(NCc2ccccc2)PC)cc1. The molecule has 0 bridgehead atoms. The zero-order chi connectivity index (χ0) is 14.2. The summed E-state index contributed by atoms with van der Waals surface area (Å²) in [4.78, 5) is 0. The number of ether oxygens (including phenoxy) is 1. The smallest absolute Gasteiger partial charge is 0.126 e. The van der Waals surface area contributed by atoms with Crippen LogP contribution in [0.3, 0.4) is 0 Å². The molecule has 0 aliphatic rings. The number of nitrogens with one attached hydrogen (secondary N) is 1. The van der Waals surface area contributed by atoms with Crippen LogP contribution in [-0.2, 0) is 6.54 Å². The van der Waals surface area contributed by atoms with Crippen molar-refractivity contribution in [2.24, 2.45) is 0 Å². The quantitative estimate of drug-likeness (QED) is 0.604. The van der Waals surface area contributed by atoms with Crippen LogP contribution in [0, 0.1) is 0 Å². The lowest BCUT2D eigenvalue weighted by Crippen LogP contribution is -2.17. The molecule has 0 saturated heterocycles. The molecule has 104 valence electrons. The van der Waals surface area contributed by atoms with Crippen molar-refractivity contribution in [1.82, 2.24) is 5.32 Å². The van der Waals surface area contributed by atoms with Crippen molar-refractivity contribution >= 4 is 8.58 Å². The molecular formula is C17H20NOP. The van der Waals surface area contributed by atoms with Crippen LogP contribution in [0.15, 0.2) is 67.4 Å². The van der Waals surface area contributed by atoms with Crippen LogP contribution in [0.25, 0.3) is 0 Å². The number of hydrogen-bond acceptors (Lipinski definition) is 2. The molecule has 1 N–H and O–H groups in total. The number of rotatable bonds is 7. The molecule has 20 heavy (non-hydrogen) atoms. The average molecular weight is 285 g/mol. The fourth-order valence-electron chi connectivity index (χ4n) is 2.04.